The second kappa shape index (κ2) is 10.4. The topological polar surface area (TPSA) is 71.7 Å². The average molecular weight is 456 g/mol. The predicted octanol–water partition coefficient (Wildman–Crippen LogP) is 3.19. The lowest BCUT2D eigenvalue weighted by molar-refractivity contribution is 0.114. The zero-order valence-corrected chi connectivity index (χ0v) is 16.7. The molecule has 136 valence electrons. The molecule has 1 saturated heterocycles. The fraction of sp³-hybridized carbons (Fsp3) is 0.444. The summed E-state index contributed by atoms with van der Waals surface area (Å²) < 4.78 is 11.2. The van der Waals surface area contributed by atoms with Gasteiger partial charge in [-0.25, -0.2) is 9.98 Å². The van der Waals surface area contributed by atoms with E-state index in [-0.39, 0.29) is 30.1 Å². The standard InChI is InChI=1S/C18H24N4O2.HI/c1-2-19-18(21-12-16-9-6-10-23-16)20-11-15-13-24-17(22-15)14-7-4-3-5-8-14;/h3-5,7-8,13,16H,2,6,9-12H2,1H3,(H2,19,20,21);1H. The van der Waals surface area contributed by atoms with Gasteiger partial charge < -0.3 is 19.8 Å². The van der Waals surface area contributed by atoms with Gasteiger partial charge in [-0.3, -0.25) is 0 Å². The highest BCUT2D eigenvalue weighted by molar-refractivity contribution is 14.0. The van der Waals surface area contributed by atoms with Gasteiger partial charge in [-0.1, -0.05) is 18.2 Å². The lowest BCUT2D eigenvalue weighted by Crippen LogP contribution is -2.41. The van der Waals surface area contributed by atoms with Gasteiger partial charge >= 0.3 is 0 Å². The van der Waals surface area contributed by atoms with Crippen LogP contribution in [0.3, 0.4) is 0 Å². The Hall–Kier alpha value is -1.61. The highest BCUT2D eigenvalue weighted by Gasteiger charge is 2.15. The van der Waals surface area contributed by atoms with Crippen molar-refractivity contribution in [2.45, 2.75) is 32.4 Å². The molecule has 1 aliphatic heterocycles. The summed E-state index contributed by atoms with van der Waals surface area (Å²) in [5, 5.41) is 6.57. The van der Waals surface area contributed by atoms with E-state index in [1.54, 1.807) is 6.26 Å². The van der Waals surface area contributed by atoms with E-state index in [0.717, 1.165) is 49.8 Å². The molecule has 3 rings (SSSR count). The van der Waals surface area contributed by atoms with E-state index in [9.17, 15) is 0 Å². The molecule has 1 fully saturated rings. The number of guanidine groups is 1. The molecule has 25 heavy (non-hydrogen) atoms. The first-order valence-electron chi connectivity index (χ1n) is 8.48. The average Bonchev–Trinajstić information content (AvgIpc) is 3.30. The molecule has 1 aromatic heterocycles. The molecule has 1 unspecified atom stereocenters. The number of hydrogen-bond donors (Lipinski definition) is 2. The molecule has 2 N–H and O–H groups in total. The summed E-state index contributed by atoms with van der Waals surface area (Å²) in [6, 6.07) is 9.86. The van der Waals surface area contributed by atoms with Gasteiger partial charge in [0.05, 0.1) is 12.6 Å². The zero-order valence-electron chi connectivity index (χ0n) is 14.4. The molecular formula is C18H25IN4O2. The van der Waals surface area contributed by atoms with E-state index in [1.807, 2.05) is 37.3 Å². The number of benzene rings is 1. The van der Waals surface area contributed by atoms with Gasteiger partial charge in [0.2, 0.25) is 5.89 Å². The molecule has 7 heteroatoms. The summed E-state index contributed by atoms with van der Waals surface area (Å²) in [6.07, 6.45) is 4.19. The quantitative estimate of drug-likeness (QED) is 0.397. The Labute approximate surface area is 165 Å². The van der Waals surface area contributed by atoms with Crippen LogP contribution in [0.4, 0.5) is 0 Å². The first kappa shape index (κ1) is 19.7. The van der Waals surface area contributed by atoms with E-state index >= 15 is 0 Å². The predicted molar refractivity (Wildman–Crippen MR) is 109 cm³/mol. The van der Waals surface area contributed by atoms with E-state index in [0.29, 0.717) is 12.4 Å². The Morgan fingerprint density at radius 3 is 2.84 bits per heavy atom. The molecule has 0 bridgehead atoms. The smallest absolute Gasteiger partial charge is 0.226 e. The molecule has 0 aliphatic carbocycles. The molecular weight excluding hydrogens is 431 g/mol. The number of aliphatic imine (C=N–C) groups is 1. The number of rotatable bonds is 6. The zero-order chi connectivity index (χ0) is 16.6. The fourth-order valence-electron chi connectivity index (χ4n) is 2.61. The van der Waals surface area contributed by atoms with E-state index in [1.165, 1.54) is 0 Å². The van der Waals surface area contributed by atoms with Crippen molar-refractivity contribution in [1.29, 1.82) is 0 Å². The minimum absolute atomic E-state index is 0. The number of nitrogens with zero attached hydrogens (tertiary/aromatic N) is 2. The molecule has 1 atom stereocenters. The highest BCUT2D eigenvalue weighted by atomic mass is 127. The number of nitrogens with one attached hydrogen (secondary N) is 2. The van der Waals surface area contributed by atoms with Crippen molar-refractivity contribution in [2.24, 2.45) is 4.99 Å². The Morgan fingerprint density at radius 2 is 2.12 bits per heavy atom. The molecule has 1 aliphatic rings. The van der Waals surface area contributed by atoms with Gasteiger partial charge in [-0.15, -0.1) is 24.0 Å². The van der Waals surface area contributed by atoms with Gasteiger partial charge in [0.1, 0.15) is 12.0 Å². The van der Waals surface area contributed by atoms with Gasteiger partial charge in [0, 0.05) is 25.3 Å². The molecule has 2 heterocycles. The maximum Gasteiger partial charge on any atom is 0.226 e. The van der Waals surface area contributed by atoms with E-state index in [4.69, 9.17) is 9.15 Å². The monoisotopic (exact) mass is 456 g/mol. The van der Waals surface area contributed by atoms with Crippen molar-refractivity contribution in [1.82, 2.24) is 15.6 Å². The molecule has 0 spiro atoms. The molecule has 2 aromatic rings. The molecule has 0 amide bonds. The van der Waals surface area contributed by atoms with E-state index in [2.05, 4.69) is 20.6 Å². The Bertz CT molecular complexity index is 654. The Balaban J connectivity index is 0.00000225. The highest BCUT2D eigenvalue weighted by Crippen LogP contribution is 2.18. The van der Waals surface area contributed by atoms with Crippen LogP contribution in [-0.4, -0.2) is 36.7 Å². The van der Waals surface area contributed by atoms with Crippen molar-refractivity contribution in [3.8, 4) is 11.5 Å². The van der Waals surface area contributed by atoms with Gasteiger partial charge in [0.15, 0.2) is 5.96 Å². The molecule has 6 nitrogen and oxygen atoms in total. The van der Waals surface area contributed by atoms with Crippen LogP contribution in [0.25, 0.3) is 11.5 Å². The van der Waals surface area contributed by atoms with Crippen LogP contribution in [0.5, 0.6) is 0 Å². The Kier molecular flexibility index (Phi) is 8.20. The normalized spacial score (nSPS) is 17.2. The number of hydrogen-bond acceptors (Lipinski definition) is 4. The van der Waals surface area contributed by atoms with Gasteiger partial charge in [-0.05, 0) is 31.9 Å². The summed E-state index contributed by atoms with van der Waals surface area (Å²) >= 11 is 0. The fourth-order valence-corrected chi connectivity index (χ4v) is 2.61. The molecule has 0 saturated carbocycles. The van der Waals surface area contributed by atoms with Crippen LogP contribution in [0.2, 0.25) is 0 Å². The van der Waals surface area contributed by atoms with Gasteiger partial charge in [0.25, 0.3) is 0 Å². The third-order valence-corrected chi connectivity index (χ3v) is 3.84. The number of halogens is 1. The number of ether oxygens (including phenoxy) is 1. The third-order valence-electron chi connectivity index (χ3n) is 3.84. The van der Waals surface area contributed by atoms with Crippen molar-refractivity contribution < 1.29 is 9.15 Å². The maximum atomic E-state index is 5.62. The maximum absolute atomic E-state index is 5.62. The summed E-state index contributed by atoms with van der Waals surface area (Å²) in [5.41, 5.74) is 1.78. The van der Waals surface area contributed by atoms with Crippen molar-refractivity contribution >= 4 is 29.9 Å². The van der Waals surface area contributed by atoms with Crippen LogP contribution in [0.1, 0.15) is 25.5 Å². The lowest BCUT2D eigenvalue weighted by atomic mass is 10.2. The molecule has 0 radical (unpaired) electrons. The van der Waals surface area contributed by atoms with Crippen molar-refractivity contribution in [3.63, 3.8) is 0 Å². The third kappa shape index (κ3) is 6.00. The van der Waals surface area contributed by atoms with Crippen LogP contribution in [0.15, 0.2) is 46.0 Å². The second-order valence-electron chi connectivity index (χ2n) is 5.72. The van der Waals surface area contributed by atoms with Crippen LogP contribution >= 0.6 is 24.0 Å². The first-order valence-corrected chi connectivity index (χ1v) is 8.48. The van der Waals surface area contributed by atoms with Crippen LogP contribution < -0.4 is 10.6 Å². The van der Waals surface area contributed by atoms with Crippen LogP contribution in [0, 0.1) is 0 Å². The SMILES string of the molecule is CCNC(=NCc1coc(-c2ccccc2)n1)NCC1CCCO1.I. The minimum atomic E-state index is 0. The minimum Gasteiger partial charge on any atom is -0.444 e. The summed E-state index contributed by atoms with van der Waals surface area (Å²) in [4.78, 5) is 9.06. The van der Waals surface area contributed by atoms with E-state index < -0.39 is 0 Å². The first-order chi connectivity index (χ1) is 11.8. The number of oxazole rings is 1. The lowest BCUT2D eigenvalue weighted by Gasteiger charge is -2.14. The Morgan fingerprint density at radius 1 is 1.28 bits per heavy atom. The van der Waals surface area contributed by atoms with Crippen molar-refractivity contribution in [2.75, 3.05) is 19.7 Å². The molecule has 1 aromatic carbocycles. The summed E-state index contributed by atoms with van der Waals surface area (Å²) in [7, 11) is 0. The number of aromatic nitrogens is 1. The largest absolute Gasteiger partial charge is 0.444 e. The summed E-state index contributed by atoms with van der Waals surface area (Å²) in [6.45, 7) is 4.97. The van der Waals surface area contributed by atoms with Crippen LogP contribution in [-0.2, 0) is 11.3 Å². The van der Waals surface area contributed by atoms with Gasteiger partial charge in [-0.2, -0.15) is 0 Å². The van der Waals surface area contributed by atoms with Crippen molar-refractivity contribution in [3.05, 3.63) is 42.3 Å². The summed E-state index contributed by atoms with van der Waals surface area (Å²) in [5.74, 6) is 1.40. The second-order valence-corrected chi connectivity index (χ2v) is 5.72.